The van der Waals surface area contributed by atoms with Gasteiger partial charge in [0.15, 0.2) is 5.96 Å². The molecule has 58 heavy (non-hydrogen) atoms. The third kappa shape index (κ3) is 13.9. The second-order valence-corrected chi connectivity index (χ2v) is 14.3. The molecule has 0 aliphatic heterocycles. The van der Waals surface area contributed by atoms with E-state index in [1.807, 2.05) is 44.2 Å². The summed E-state index contributed by atoms with van der Waals surface area (Å²) >= 11 is 0. The average Bonchev–Trinajstić information content (AvgIpc) is 3.60. The number of rotatable bonds is 21. The number of amides is 5. The van der Waals surface area contributed by atoms with Gasteiger partial charge in [-0.3, -0.25) is 29.0 Å². The molecule has 0 unspecified atom stereocenters. The summed E-state index contributed by atoms with van der Waals surface area (Å²) < 4.78 is 13.5. The number of carbonyl (C=O) groups excluding carboxylic acids is 5. The molecule has 12 N–H and O–H groups in total. The van der Waals surface area contributed by atoms with Crippen molar-refractivity contribution in [2.24, 2.45) is 28.1 Å². The lowest BCUT2D eigenvalue weighted by molar-refractivity contribution is -0.130. The van der Waals surface area contributed by atoms with Gasteiger partial charge in [0, 0.05) is 54.2 Å². The van der Waals surface area contributed by atoms with Gasteiger partial charge in [-0.25, -0.2) is 4.39 Å². The van der Waals surface area contributed by atoms with Crippen molar-refractivity contribution in [2.45, 2.75) is 70.2 Å². The molecule has 0 fully saturated rings. The first-order valence-electron chi connectivity index (χ1n) is 19.0. The van der Waals surface area contributed by atoms with Crippen molar-refractivity contribution in [3.05, 3.63) is 119 Å². The Morgan fingerprint density at radius 1 is 0.828 bits per heavy atom. The number of fused-ring (bicyclic) bond motifs is 1. The number of para-hydroxylation sites is 1. The van der Waals surface area contributed by atoms with Gasteiger partial charge in [0.2, 0.25) is 23.6 Å². The van der Waals surface area contributed by atoms with E-state index in [0.29, 0.717) is 6.42 Å². The highest BCUT2D eigenvalue weighted by atomic mass is 19.1. The van der Waals surface area contributed by atoms with E-state index < -0.39 is 59.6 Å². The lowest BCUT2D eigenvalue weighted by Gasteiger charge is -2.23. The predicted molar refractivity (Wildman–Crippen MR) is 219 cm³/mol. The minimum atomic E-state index is -1.35. The molecule has 0 saturated carbocycles. The van der Waals surface area contributed by atoms with Crippen LogP contribution in [0.25, 0.3) is 10.9 Å². The fraction of sp³-hybridized carbons (Fsp3) is 0.333. The Morgan fingerprint density at radius 2 is 1.52 bits per heavy atom. The molecule has 3 aromatic carbocycles. The molecule has 0 spiro atoms. The van der Waals surface area contributed by atoms with Crippen LogP contribution in [0.1, 0.15) is 54.6 Å². The SMILES string of the molecule is CC(C)CC(=C[C@H](O)CNC(=O)[C@H](Cc1ccccc1)NC(=O)c1ccc(F)cc1)C(=O)N[C@@H](CCCN=C(N)N)C(=O)N[C@@H](Cc1c[nH]c2ccccc12)C(N)=O. The molecule has 5 amide bonds. The largest absolute Gasteiger partial charge is 0.387 e. The number of benzene rings is 3. The highest BCUT2D eigenvalue weighted by Gasteiger charge is 2.28. The molecule has 0 saturated heterocycles. The van der Waals surface area contributed by atoms with E-state index >= 15 is 0 Å². The van der Waals surface area contributed by atoms with Gasteiger partial charge in [-0.2, -0.15) is 0 Å². The first-order chi connectivity index (χ1) is 27.7. The van der Waals surface area contributed by atoms with Crippen LogP contribution in [0.15, 0.2) is 102 Å². The van der Waals surface area contributed by atoms with Gasteiger partial charge in [-0.05, 0) is 72.7 Å². The summed E-state index contributed by atoms with van der Waals surface area (Å²) in [6, 6.07) is 18.0. The molecule has 4 rings (SSSR count). The van der Waals surface area contributed by atoms with Crippen molar-refractivity contribution in [3.63, 3.8) is 0 Å². The van der Waals surface area contributed by atoms with Gasteiger partial charge in [-0.15, -0.1) is 0 Å². The highest BCUT2D eigenvalue weighted by molar-refractivity contribution is 5.99. The Hall–Kier alpha value is -6.55. The summed E-state index contributed by atoms with van der Waals surface area (Å²) in [6.45, 7) is 3.59. The van der Waals surface area contributed by atoms with Crippen LogP contribution in [0.4, 0.5) is 4.39 Å². The monoisotopic (exact) mass is 797 g/mol. The fourth-order valence-corrected chi connectivity index (χ4v) is 6.24. The van der Waals surface area contributed by atoms with Gasteiger partial charge >= 0.3 is 0 Å². The predicted octanol–water partition coefficient (Wildman–Crippen LogP) is 1.85. The summed E-state index contributed by atoms with van der Waals surface area (Å²) in [5.74, 6) is -3.98. The second kappa shape index (κ2) is 21.7. The third-order valence-electron chi connectivity index (χ3n) is 9.14. The van der Waals surface area contributed by atoms with Crippen LogP contribution in [0, 0.1) is 11.7 Å². The number of aliphatic hydroxyl groups excluding tert-OH is 1. The second-order valence-electron chi connectivity index (χ2n) is 14.3. The van der Waals surface area contributed by atoms with E-state index in [1.54, 1.807) is 30.5 Å². The van der Waals surface area contributed by atoms with E-state index in [2.05, 4.69) is 31.2 Å². The molecule has 308 valence electrons. The van der Waals surface area contributed by atoms with Crippen LogP contribution in [-0.2, 0) is 32.0 Å². The molecule has 0 bridgehead atoms. The minimum absolute atomic E-state index is 0.0553. The Balaban J connectivity index is 1.48. The molecule has 0 aliphatic carbocycles. The fourth-order valence-electron chi connectivity index (χ4n) is 6.24. The number of hydrogen-bond acceptors (Lipinski definition) is 7. The first-order valence-corrected chi connectivity index (χ1v) is 19.0. The summed E-state index contributed by atoms with van der Waals surface area (Å²) in [5, 5.41) is 22.7. The molecule has 0 aliphatic rings. The number of nitrogens with zero attached hydrogens (tertiary/aromatic N) is 1. The molecule has 4 atom stereocenters. The number of aliphatic imine (C=N–C) groups is 1. The van der Waals surface area contributed by atoms with Gasteiger partial charge < -0.3 is 48.6 Å². The number of carbonyl (C=O) groups is 5. The van der Waals surface area contributed by atoms with Crippen LogP contribution in [0.5, 0.6) is 0 Å². The van der Waals surface area contributed by atoms with Crippen LogP contribution in [0.3, 0.4) is 0 Å². The van der Waals surface area contributed by atoms with E-state index in [9.17, 15) is 33.5 Å². The van der Waals surface area contributed by atoms with Crippen molar-refractivity contribution in [1.29, 1.82) is 0 Å². The van der Waals surface area contributed by atoms with Gasteiger partial charge in [0.05, 0.1) is 6.10 Å². The minimum Gasteiger partial charge on any atom is -0.387 e. The smallest absolute Gasteiger partial charge is 0.251 e. The molecular formula is C42H52FN9O6. The zero-order valence-corrected chi connectivity index (χ0v) is 32.5. The van der Waals surface area contributed by atoms with Crippen LogP contribution in [0.2, 0.25) is 0 Å². The van der Waals surface area contributed by atoms with E-state index in [-0.39, 0.29) is 61.8 Å². The van der Waals surface area contributed by atoms with Gasteiger partial charge in [-0.1, -0.05) is 62.4 Å². The number of halogens is 1. The van der Waals surface area contributed by atoms with Crippen molar-refractivity contribution in [2.75, 3.05) is 13.1 Å². The van der Waals surface area contributed by atoms with Crippen molar-refractivity contribution in [3.8, 4) is 0 Å². The lowest BCUT2D eigenvalue weighted by Crippen LogP contribution is -2.54. The topological polar surface area (TPSA) is 260 Å². The number of nitrogens with two attached hydrogens (primary N) is 3. The molecular weight excluding hydrogens is 746 g/mol. The van der Waals surface area contributed by atoms with E-state index in [4.69, 9.17) is 17.2 Å². The van der Waals surface area contributed by atoms with Crippen LogP contribution in [-0.4, -0.2) is 82.9 Å². The van der Waals surface area contributed by atoms with Crippen molar-refractivity contribution >= 4 is 46.4 Å². The number of guanidine groups is 1. The number of nitrogens with one attached hydrogen (secondary N) is 5. The maximum absolute atomic E-state index is 13.8. The number of aliphatic hydroxyl groups is 1. The molecule has 1 aromatic heterocycles. The molecule has 1 heterocycles. The standard InChI is InChI=1S/C42H52FN9O6/c1-25(2)19-28(21-31(53)24-49-40(57)36(20-26-9-4-3-5-10-26)52-38(55)27-14-16-30(43)17-15-27)39(56)50-34(13-8-18-47-42(45)46)41(58)51-35(37(44)54)22-29-23-48-33-12-7-6-11-32(29)33/h3-7,9-12,14-17,21,23,25,31,34-36,48,53H,8,13,18-20,22,24H2,1-2H3,(H2,44,54)(H,49,57)(H,50,56)(H,51,58)(H,52,55)(H4,45,46,47)/t31-,34-,35-,36-/m0/s1. The van der Waals surface area contributed by atoms with Crippen LogP contribution < -0.4 is 38.5 Å². The number of hydrogen-bond donors (Lipinski definition) is 9. The Morgan fingerprint density at radius 3 is 2.19 bits per heavy atom. The Bertz CT molecular complexity index is 2080. The normalized spacial score (nSPS) is 13.5. The Labute approximate surface area is 336 Å². The Kier molecular flexibility index (Phi) is 16.5. The van der Waals surface area contributed by atoms with Crippen molar-refractivity contribution in [1.82, 2.24) is 26.3 Å². The molecule has 0 radical (unpaired) electrons. The maximum atomic E-state index is 13.8. The zero-order valence-electron chi connectivity index (χ0n) is 32.5. The van der Waals surface area contributed by atoms with Gasteiger partial charge in [0.25, 0.3) is 5.91 Å². The lowest BCUT2D eigenvalue weighted by atomic mass is 9.99. The average molecular weight is 798 g/mol. The highest BCUT2D eigenvalue weighted by Crippen LogP contribution is 2.20. The van der Waals surface area contributed by atoms with Crippen LogP contribution >= 0.6 is 0 Å². The maximum Gasteiger partial charge on any atom is 0.251 e. The zero-order chi connectivity index (χ0) is 42.2. The van der Waals surface area contributed by atoms with Gasteiger partial charge in [0.1, 0.15) is 23.9 Å². The number of primary amides is 1. The van der Waals surface area contributed by atoms with E-state index in [0.717, 1.165) is 34.2 Å². The summed E-state index contributed by atoms with van der Waals surface area (Å²) in [5.41, 5.74) is 19.3. The molecule has 16 heteroatoms. The summed E-state index contributed by atoms with van der Waals surface area (Å²) in [7, 11) is 0. The first kappa shape index (κ1) is 44.2. The number of aromatic nitrogens is 1. The number of H-pyrrole nitrogens is 1. The third-order valence-corrected chi connectivity index (χ3v) is 9.14. The summed E-state index contributed by atoms with van der Waals surface area (Å²) in [6.07, 6.45) is 2.50. The van der Waals surface area contributed by atoms with Crippen molar-refractivity contribution < 1.29 is 33.5 Å². The quantitative estimate of drug-likeness (QED) is 0.0260. The summed E-state index contributed by atoms with van der Waals surface area (Å²) in [4.78, 5) is 73.7. The molecule has 4 aromatic rings. The van der Waals surface area contributed by atoms with E-state index in [1.165, 1.54) is 18.2 Å². The number of aromatic amines is 1. The molecule has 15 nitrogen and oxygen atoms in total.